The van der Waals surface area contributed by atoms with Crippen molar-refractivity contribution in [1.29, 1.82) is 0 Å². The van der Waals surface area contributed by atoms with Crippen molar-refractivity contribution in [3.8, 4) is 0 Å². The van der Waals surface area contributed by atoms with Gasteiger partial charge in [-0.2, -0.15) is 0 Å². The predicted octanol–water partition coefficient (Wildman–Crippen LogP) is 6.02. The van der Waals surface area contributed by atoms with E-state index in [0.717, 1.165) is 49.3 Å². The van der Waals surface area contributed by atoms with Crippen molar-refractivity contribution < 1.29 is 19.1 Å². The number of pyridine rings is 1. The van der Waals surface area contributed by atoms with Crippen LogP contribution in [0.5, 0.6) is 0 Å². The average molecular weight is 592 g/mol. The van der Waals surface area contributed by atoms with E-state index in [4.69, 9.17) is 9.47 Å². The lowest BCUT2D eigenvalue weighted by atomic mass is 9.44. The molecule has 2 aliphatic heterocycles. The van der Waals surface area contributed by atoms with Crippen molar-refractivity contribution >= 4 is 11.8 Å². The smallest absolute Gasteiger partial charge is 0.229 e. The molecule has 0 bridgehead atoms. The summed E-state index contributed by atoms with van der Waals surface area (Å²) in [6.45, 7) is 11.1. The maximum atomic E-state index is 12.8. The summed E-state index contributed by atoms with van der Waals surface area (Å²) in [5.74, 6) is 3.95. The van der Waals surface area contributed by atoms with Gasteiger partial charge in [0.15, 0.2) is 5.79 Å². The van der Waals surface area contributed by atoms with E-state index >= 15 is 0 Å². The van der Waals surface area contributed by atoms with Gasteiger partial charge in [-0.3, -0.25) is 14.6 Å². The quantitative estimate of drug-likeness (QED) is 0.409. The summed E-state index contributed by atoms with van der Waals surface area (Å²) in [6, 6.07) is 5.79. The number of hydrogen-bond donors (Lipinski definition) is 2. The molecular weight excluding hydrogens is 538 g/mol. The topological polar surface area (TPSA) is 89.5 Å². The van der Waals surface area contributed by atoms with Gasteiger partial charge in [-0.15, -0.1) is 0 Å². The van der Waals surface area contributed by atoms with Crippen LogP contribution in [-0.4, -0.2) is 41.3 Å². The second-order valence-electron chi connectivity index (χ2n) is 16.0. The Hall–Kier alpha value is -1.99. The minimum atomic E-state index is -0.334. The van der Waals surface area contributed by atoms with Gasteiger partial charge in [0, 0.05) is 24.6 Å². The molecule has 6 fully saturated rings. The average Bonchev–Trinajstić information content (AvgIpc) is 3.44. The fraction of sp³-hybridized carbons (Fsp3) is 0.806. The van der Waals surface area contributed by atoms with Gasteiger partial charge < -0.3 is 20.1 Å². The normalized spacial score (nSPS) is 46.7. The van der Waals surface area contributed by atoms with Crippen molar-refractivity contribution in [3.63, 3.8) is 0 Å². The van der Waals surface area contributed by atoms with Crippen LogP contribution in [-0.2, 0) is 25.6 Å². The predicted molar refractivity (Wildman–Crippen MR) is 164 cm³/mol. The molecule has 1 aromatic rings. The van der Waals surface area contributed by atoms with Crippen LogP contribution in [0.3, 0.4) is 0 Å². The molecule has 2 amide bonds. The Morgan fingerprint density at radius 3 is 2.56 bits per heavy atom. The number of amides is 2. The Labute approximate surface area is 258 Å². The first-order chi connectivity index (χ1) is 20.6. The number of carbonyl (C=O) groups is 2. The minimum absolute atomic E-state index is 0.121. The van der Waals surface area contributed by atoms with Crippen LogP contribution in [0, 0.1) is 52.3 Å². The molecule has 7 heteroatoms. The third kappa shape index (κ3) is 5.05. The van der Waals surface area contributed by atoms with E-state index in [9.17, 15) is 9.59 Å². The van der Waals surface area contributed by atoms with Crippen LogP contribution in [0.1, 0.15) is 104 Å². The third-order valence-corrected chi connectivity index (χ3v) is 13.8. The first kappa shape index (κ1) is 29.7. The van der Waals surface area contributed by atoms with Gasteiger partial charge in [0.2, 0.25) is 11.8 Å². The fourth-order valence-electron chi connectivity index (χ4n) is 11.6. The van der Waals surface area contributed by atoms with E-state index in [-0.39, 0.29) is 30.1 Å². The van der Waals surface area contributed by atoms with Crippen LogP contribution < -0.4 is 10.6 Å². The second-order valence-corrected chi connectivity index (χ2v) is 16.0. The third-order valence-electron chi connectivity index (χ3n) is 13.8. The highest BCUT2D eigenvalue weighted by molar-refractivity contribution is 5.96. The number of fused-ring (bicyclic) bond motifs is 7. The van der Waals surface area contributed by atoms with E-state index < -0.39 is 0 Å². The number of rotatable bonds is 5. The van der Waals surface area contributed by atoms with Gasteiger partial charge in [0.1, 0.15) is 6.42 Å². The molecule has 43 heavy (non-hydrogen) atoms. The summed E-state index contributed by atoms with van der Waals surface area (Å²) in [7, 11) is 0. The molecule has 4 saturated carbocycles. The Morgan fingerprint density at radius 1 is 0.953 bits per heavy atom. The summed E-state index contributed by atoms with van der Waals surface area (Å²) in [5.41, 5.74) is 1.49. The van der Waals surface area contributed by atoms with E-state index in [2.05, 4.69) is 43.3 Å². The molecule has 236 valence electrons. The zero-order valence-electron chi connectivity index (χ0n) is 26.8. The zero-order chi connectivity index (χ0) is 30.0. The van der Waals surface area contributed by atoms with Crippen LogP contribution in [0.15, 0.2) is 24.4 Å². The number of hydrogen-bond acceptors (Lipinski definition) is 5. The molecule has 12 atom stereocenters. The Balaban J connectivity index is 0.952. The molecule has 7 rings (SSSR count). The largest absolute Gasteiger partial charge is 0.353 e. The van der Waals surface area contributed by atoms with Crippen LogP contribution in [0.4, 0.5) is 0 Å². The highest BCUT2D eigenvalue weighted by Gasteiger charge is 2.69. The lowest BCUT2D eigenvalue weighted by Gasteiger charge is -2.61. The van der Waals surface area contributed by atoms with Gasteiger partial charge in [0.05, 0.1) is 24.9 Å². The molecule has 3 heterocycles. The van der Waals surface area contributed by atoms with E-state index in [0.29, 0.717) is 47.2 Å². The van der Waals surface area contributed by atoms with Crippen LogP contribution in [0.2, 0.25) is 0 Å². The molecule has 2 N–H and O–H groups in total. The van der Waals surface area contributed by atoms with E-state index in [1.807, 2.05) is 18.2 Å². The van der Waals surface area contributed by atoms with Crippen molar-refractivity contribution in [2.75, 3.05) is 6.61 Å². The molecule has 2 saturated heterocycles. The summed E-state index contributed by atoms with van der Waals surface area (Å²) in [5, 5.41) is 6.06. The summed E-state index contributed by atoms with van der Waals surface area (Å²) >= 11 is 0. The number of nitrogens with zero attached hydrogens (tertiary/aromatic N) is 1. The minimum Gasteiger partial charge on any atom is -0.353 e. The maximum absolute atomic E-state index is 12.8. The van der Waals surface area contributed by atoms with Crippen LogP contribution >= 0.6 is 0 Å². The Morgan fingerprint density at radius 2 is 1.79 bits per heavy atom. The Bertz CT molecular complexity index is 1200. The van der Waals surface area contributed by atoms with E-state index in [1.165, 1.54) is 44.9 Å². The zero-order valence-corrected chi connectivity index (χ0v) is 26.8. The highest BCUT2D eigenvalue weighted by Crippen LogP contribution is 2.71. The monoisotopic (exact) mass is 591 g/mol. The molecule has 0 aromatic carbocycles. The number of carbonyl (C=O) groups excluding carboxylic acids is 2. The summed E-state index contributed by atoms with van der Waals surface area (Å²) in [4.78, 5) is 29.4. The van der Waals surface area contributed by atoms with Gasteiger partial charge in [-0.05, 0) is 116 Å². The Kier molecular flexibility index (Phi) is 7.68. The molecular formula is C36H53N3O4. The van der Waals surface area contributed by atoms with Gasteiger partial charge >= 0.3 is 0 Å². The van der Waals surface area contributed by atoms with Crippen LogP contribution in [0.25, 0.3) is 0 Å². The molecule has 1 spiro atoms. The fourth-order valence-corrected chi connectivity index (χ4v) is 11.6. The van der Waals surface area contributed by atoms with Gasteiger partial charge in [0.25, 0.3) is 0 Å². The molecule has 0 unspecified atom stereocenters. The standard InChI is InChI=1S/C36H53N3O4/c1-22-10-15-36(42-21-22)23(2)33-30(43-36)18-29-27-9-8-24-17-25(11-13-34(24,3)28(27)12-14-35(29,33)4)39-32(41)19-31(40)38-20-26-7-5-6-16-37-26/h5-7,16,22-25,27-30,33H,8-15,17-21H2,1-4H3,(H,38,40)(H,39,41)/t22-,23+,24-,25-,27-,28+,29+,30+,33+,34+,35+,36-/m1/s1. The van der Waals surface area contributed by atoms with E-state index in [1.54, 1.807) is 6.20 Å². The van der Waals surface area contributed by atoms with Gasteiger partial charge in [-0.1, -0.05) is 33.8 Å². The number of aromatic nitrogens is 1. The van der Waals surface area contributed by atoms with Gasteiger partial charge in [-0.25, -0.2) is 0 Å². The molecule has 4 aliphatic carbocycles. The highest BCUT2D eigenvalue weighted by atomic mass is 16.7. The molecule has 7 nitrogen and oxygen atoms in total. The van der Waals surface area contributed by atoms with Crippen molar-refractivity contribution in [1.82, 2.24) is 15.6 Å². The summed E-state index contributed by atoms with van der Waals surface area (Å²) in [6.07, 6.45) is 13.9. The number of ether oxygens (including phenoxy) is 2. The second kappa shape index (κ2) is 11.1. The SMILES string of the molecule is C[C@@H]1CC[C@@]2(OC1)O[C@H]1C[C@H]3[C@@H]4CC[C@@H]5C[C@H](NC(=O)CC(=O)NCc6ccccn6)CC[C@]5(C)[C@H]4CC[C@]3(C)[C@H]1[C@@H]2C. The summed E-state index contributed by atoms with van der Waals surface area (Å²) < 4.78 is 13.5. The van der Waals surface area contributed by atoms with Crippen molar-refractivity contribution in [2.24, 2.45) is 52.3 Å². The van der Waals surface area contributed by atoms with Crippen molar-refractivity contribution in [2.45, 2.75) is 123 Å². The molecule has 1 aromatic heterocycles. The maximum Gasteiger partial charge on any atom is 0.229 e. The number of nitrogens with one attached hydrogen (secondary N) is 2. The first-order valence-electron chi connectivity index (χ1n) is 17.4. The first-order valence-corrected chi connectivity index (χ1v) is 17.4. The molecule has 0 radical (unpaired) electrons. The lowest BCUT2D eigenvalue weighted by molar-refractivity contribution is -0.273. The lowest BCUT2D eigenvalue weighted by Crippen LogP contribution is -2.56. The van der Waals surface area contributed by atoms with Crippen molar-refractivity contribution in [3.05, 3.63) is 30.1 Å². The molecule has 6 aliphatic rings.